The quantitative estimate of drug-likeness (QED) is 0.878. The molecule has 2 rings (SSSR count). The van der Waals surface area contributed by atoms with Gasteiger partial charge in [-0.3, -0.25) is 4.79 Å². The lowest BCUT2D eigenvalue weighted by Gasteiger charge is -2.15. The van der Waals surface area contributed by atoms with Crippen molar-refractivity contribution in [3.63, 3.8) is 0 Å². The largest absolute Gasteiger partial charge is 0.369 e. The second kappa shape index (κ2) is 6.20. The highest BCUT2D eigenvalue weighted by molar-refractivity contribution is 5.77. The number of hydrogen-bond donors (Lipinski definition) is 1. The van der Waals surface area contributed by atoms with Crippen molar-refractivity contribution in [2.24, 2.45) is 17.6 Å². The first-order chi connectivity index (χ1) is 9.10. The van der Waals surface area contributed by atoms with Gasteiger partial charge in [0.15, 0.2) is 0 Å². The van der Waals surface area contributed by atoms with Crippen LogP contribution in [0.3, 0.4) is 0 Å². The van der Waals surface area contributed by atoms with Crippen LogP contribution in [0, 0.1) is 11.8 Å². The van der Waals surface area contributed by atoms with Gasteiger partial charge < -0.3 is 10.6 Å². The van der Waals surface area contributed by atoms with E-state index >= 15 is 0 Å². The van der Waals surface area contributed by atoms with Gasteiger partial charge in [0.25, 0.3) is 0 Å². The first-order valence-electron chi connectivity index (χ1n) is 7.19. The molecule has 0 saturated carbocycles. The minimum absolute atomic E-state index is 0.0301. The van der Waals surface area contributed by atoms with E-state index in [2.05, 4.69) is 43.0 Å². The molecule has 2 atom stereocenters. The predicted molar refractivity (Wildman–Crippen MR) is 77.8 cm³/mol. The summed E-state index contributed by atoms with van der Waals surface area (Å²) in [6, 6.07) is 8.83. The summed E-state index contributed by atoms with van der Waals surface area (Å²) in [5.74, 6) is 0.268. The first-order valence-corrected chi connectivity index (χ1v) is 7.19. The predicted octanol–water partition coefficient (Wildman–Crippen LogP) is 1.84. The van der Waals surface area contributed by atoms with E-state index in [1.54, 1.807) is 0 Å². The maximum absolute atomic E-state index is 11.3. The molecule has 0 aromatic heterocycles. The van der Waals surface area contributed by atoms with Crippen LogP contribution in [-0.4, -0.2) is 30.4 Å². The molecule has 0 aliphatic carbocycles. The monoisotopic (exact) mass is 260 g/mol. The van der Waals surface area contributed by atoms with E-state index in [4.69, 9.17) is 5.73 Å². The smallest absolute Gasteiger partial charge is 0.222 e. The molecule has 0 bridgehead atoms. The van der Waals surface area contributed by atoms with Crippen molar-refractivity contribution in [1.82, 2.24) is 4.90 Å². The highest BCUT2D eigenvalue weighted by Gasteiger charge is 2.32. The van der Waals surface area contributed by atoms with Crippen LogP contribution in [0.25, 0.3) is 0 Å². The van der Waals surface area contributed by atoms with Gasteiger partial charge in [-0.15, -0.1) is 0 Å². The van der Waals surface area contributed by atoms with Crippen LogP contribution < -0.4 is 5.73 Å². The van der Waals surface area contributed by atoms with Gasteiger partial charge >= 0.3 is 0 Å². The lowest BCUT2D eigenvalue weighted by Crippen LogP contribution is -2.29. The Bertz CT molecular complexity index is 427. The number of carbonyl (C=O) groups is 1. The van der Waals surface area contributed by atoms with Crippen molar-refractivity contribution in [1.29, 1.82) is 0 Å². The van der Waals surface area contributed by atoms with Crippen LogP contribution in [0.4, 0.5) is 0 Å². The minimum atomic E-state index is -0.151. The van der Waals surface area contributed by atoms with Crippen molar-refractivity contribution in [3.05, 3.63) is 35.4 Å². The number of hydrogen-bond acceptors (Lipinski definition) is 2. The molecule has 19 heavy (non-hydrogen) atoms. The van der Waals surface area contributed by atoms with Crippen LogP contribution in [0.2, 0.25) is 0 Å². The van der Waals surface area contributed by atoms with E-state index in [0.717, 1.165) is 32.5 Å². The topological polar surface area (TPSA) is 46.3 Å². The van der Waals surface area contributed by atoms with E-state index in [1.807, 2.05) is 0 Å². The van der Waals surface area contributed by atoms with E-state index < -0.39 is 0 Å². The molecule has 1 fully saturated rings. The molecule has 0 spiro atoms. The number of amides is 1. The average Bonchev–Trinajstić information content (AvgIpc) is 2.78. The zero-order chi connectivity index (χ0) is 13.8. The minimum Gasteiger partial charge on any atom is -0.369 e. The molecule has 3 nitrogen and oxygen atoms in total. The summed E-state index contributed by atoms with van der Waals surface area (Å²) in [6.07, 6.45) is 2.13. The second-order valence-corrected chi connectivity index (χ2v) is 5.67. The van der Waals surface area contributed by atoms with Crippen LogP contribution in [0.15, 0.2) is 24.3 Å². The molecule has 1 amide bonds. The molecule has 1 heterocycles. The molecule has 1 aliphatic heterocycles. The molecular formula is C16H24N2O. The number of benzene rings is 1. The van der Waals surface area contributed by atoms with Gasteiger partial charge in [0.2, 0.25) is 5.91 Å². The van der Waals surface area contributed by atoms with Crippen LogP contribution in [0.5, 0.6) is 0 Å². The van der Waals surface area contributed by atoms with Gasteiger partial charge in [0.05, 0.1) is 5.92 Å². The Kier molecular flexibility index (Phi) is 4.59. The Morgan fingerprint density at radius 3 is 2.42 bits per heavy atom. The summed E-state index contributed by atoms with van der Waals surface area (Å²) < 4.78 is 0. The van der Waals surface area contributed by atoms with Crippen LogP contribution >= 0.6 is 0 Å². The van der Waals surface area contributed by atoms with Crippen LogP contribution in [0.1, 0.15) is 25.0 Å². The van der Waals surface area contributed by atoms with E-state index in [1.165, 1.54) is 11.1 Å². The summed E-state index contributed by atoms with van der Waals surface area (Å²) in [5.41, 5.74) is 8.17. The molecule has 0 unspecified atom stereocenters. The normalized spacial score (nSPS) is 23.7. The highest BCUT2D eigenvalue weighted by Crippen LogP contribution is 2.22. The third-order valence-electron chi connectivity index (χ3n) is 4.20. The van der Waals surface area contributed by atoms with Crippen molar-refractivity contribution in [2.45, 2.75) is 26.7 Å². The fraction of sp³-hybridized carbons (Fsp3) is 0.562. The number of primary amides is 1. The fourth-order valence-electron chi connectivity index (χ4n) is 2.85. The fourth-order valence-corrected chi connectivity index (χ4v) is 2.85. The number of carbonyl (C=O) groups excluding carboxylic acids is 1. The van der Waals surface area contributed by atoms with Gasteiger partial charge in [-0.1, -0.05) is 38.1 Å². The Morgan fingerprint density at radius 2 is 1.89 bits per heavy atom. The van der Waals surface area contributed by atoms with Crippen molar-refractivity contribution in [3.8, 4) is 0 Å². The summed E-state index contributed by atoms with van der Waals surface area (Å²) in [5, 5.41) is 0. The third-order valence-corrected chi connectivity index (χ3v) is 4.20. The standard InChI is InChI=1S/C16H24N2O/c1-3-13-4-6-14(7-5-13)8-9-18-10-12(2)15(11-18)16(17)19/h4-7,12,15H,3,8-11H2,1-2H3,(H2,17,19)/t12-,15-/m1/s1. The molecule has 1 aliphatic rings. The third kappa shape index (κ3) is 3.57. The molecule has 1 aromatic carbocycles. The Balaban J connectivity index is 1.84. The van der Waals surface area contributed by atoms with Crippen LogP contribution in [-0.2, 0) is 17.6 Å². The molecule has 1 aromatic rings. The van der Waals surface area contributed by atoms with E-state index in [9.17, 15) is 4.79 Å². The average molecular weight is 260 g/mol. The number of rotatable bonds is 5. The molecule has 0 radical (unpaired) electrons. The molecule has 3 heteroatoms. The van der Waals surface area contributed by atoms with Crippen molar-refractivity contribution >= 4 is 5.91 Å². The summed E-state index contributed by atoms with van der Waals surface area (Å²) in [7, 11) is 0. The molecular weight excluding hydrogens is 236 g/mol. The molecule has 2 N–H and O–H groups in total. The second-order valence-electron chi connectivity index (χ2n) is 5.67. The maximum Gasteiger partial charge on any atom is 0.222 e. The Morgan fingerprint density at radius 1 is 1.26 bits per heavy atom. The lowest BCUT2D eigenvalue weighted by molar-refractivity contribution is -0.122. The van der Waals surface area contributed by atoms with Gasteiger partial charge in [-0.2, -0.15) is 0 Å². The number of nitrogens with two attached hydrogens (primary N) is 1. The van der Waals surface area contributed by atoms with Crippen molar-refractivity contribution < 1.29 is 4.79 Å². The highest BCUT2D eigenvalue weighted by atomic mass is 16.1. The van der Waals surface area contributed by atoms with Gasteiger partial charge in [0.1, 0.15) is 0 Å². The molecule has 1 saturated heterocycles. The first kappa shape index (κ1) is 14.1. The zero-order valence-corrected chi connectivity index (χ0v) is 11.9. The number of aryl methyl sites for hydroxylation is 1. The number of nitrogens with zero attached hydrogens (tertiary/aromatic N) is 1. The SMILES string of the molecule is CCc1ccc(CCN2C[C@@H](C)[C@H](C(N)=O)C2)cc1. The van der Waals surface area contributed by atoms with E-state index in [0.29, 0.717) is 5.92 Å². The maximum atomic E-state index is 11.3. The van der Waals surface area contributed by atoms with Gasteiger partial charge in [-0.05, 0) is 29.9 Å². The van der Waals surface area contributed by atoms with E-state index in [-0.39, 0.29) is 11.8 Å². The van der Waals surface area contributed by atoms with Gasteiger partial charge in [-0.25, -0.2) is 0 Å². The zero-order valence-electron chi connectivity index (χ0n) is 11.9. The Labute approximate surface area is 115 Å². The lowest BCUT2D eigenvalue weighted by atomic mass is 9.98. The molecule has 104 valence electrons. The summed E-state index contributed by atoms with van der Waals surface area (Å²) in [4.78, 5) is 13.7. The summed E-state index contributed by atoms with van der Waals surface area (Å²) in [6.45, 7) is 7.11. The number of likely N-dealkylation sites (tertiary alicyclic amines) is 1. The van der Waals surface area contributed by atoms with Crippen molar-refractivity contribution in [2.75, 3.05) is 19.6 Å². The Hall–Kier alpha value is -1.35. The summed E-state index contributed by atoms with van der Waals surface area (Å²) >= 11 is 0. The van der Waals surface area contributed by atoms with Gasteiger partial charge in [0, 0.05) is 19.6 Å².